The lowest BCUT2D eigenvalue weighted by atomic mass is 9.98. The Balaban J connectivity index is 3.36. The molecule has 2 nitrogen and oxygen atoms in total. The minimum absolute atomic E-state index is 0.242. The maximum absolute atomic E-state index is 11.1. The lowest BCUT2D eigenvalue weighted by Crippen LogP contribution is -2.10. The topological polar surface area (TPSA) is 43.1 Å². The Bertz CT molecular complexity index is 112. The highest BCUT2D eigenvalue weighted by Gasteiger charge is 2.08. The predicted molar refractivity (Wildman–Crippen MR) is 47.4 cm³/mol. The average Bonchev–Trinajstić information content (AvgIpc) is 2.03. The zero-order chi connectivity index (χ0) is 8.69. The fourth-order valence-electron chi connectivity index (χ4n) is 1.10. The van der Waals surface area contributed by atoms with E-state index in [9.17, 15) is 4.79 Å². The van der Waals surface area contributed by atoms with E-state index in [2.05, 4.69) is 0 Å². The number of ketones is 1. The van der Waals surface area contributed by atoms with Crippen LogP contribution < -0.4 is 5.73 Å². The molecule has 2 N–H and O–H groups in total. The van der Waals surface area contributed by atoms with Crippen LogP contribution in [0.15, 0.2) is 0 Å². The smallest absolute Gasteiger partial charge is 0.135 e. The number of hydrogen-bond donors (Lipinski definition) is 1. The molecule has 66 valence electrons. The van der Waals surface area contributed by atoms with Crippen molar-refractivity contribution in [1.29, 1.82) is 0 Å². The van der Waals surface area contributed by atoms with Gasteiger partial charge in [-0.1, -0.05) is 20.3 Å². The third-order valence-corrected chi connectivity index (χ3v) is 1.99. The second-order valence-corrected chi connectivity index (χ2v) is 3.01. The largest absolute Gasteiger partial charge is 0.330 e. The number of carbonyl (C=O) groups is 1. The third kappa shape index (κ3) is 4.96. The van der Waals surface area contributed by atoms with Crippen molar-refractivity contribution in [3.05, 3.63) is 0 Å². The van der Waals surface area contributed by atoms with E-state index in [-0.39, 0.29) is 5.92 Å². The average molecular weight is 157 g/mol. The Morgan fingerprint density at radius 1 is 1.45 bits per heavy atom. The van der Waals surface area contributed by atoms with Crippen molar-refractivity contribution in [3.8, 4) is 0 Å². The molecule has 0 saturated carbocycles. The van der Waals surface area contributed by atoms with Crippen molar-refractivity contribution < 1.29 is 4.79 Å². The van der Waals surface area contributed by atoms with E-state index in [1.165, 1.54) is 0 Å². The molecule has 0 heterocycles. The molecule has 2 heteroatoms. The molecule has 0 aliphatic rings. The molecule has 0 fully saturated rings. The summed E-state index contributed by atoms with van der Waals surface area (Å²) < 4.78 is 0. The highest BCUT2D eigenvalue weighted by atomic mass is 16.1. The maximum Gasteiger partial charge on any atom is 0.135 e. The monoisotopic (exact) mass is 157 g/mol. The summed E-state index contributed by atoms with van der Waals surface area (Å²) in [6, 6.07) is 0. The van der Waals surface area contributed by atoms with Gasteiger partial charge in [-0.25, -0.2) is 0 Å². The Hall–Kier alpha value is -0.370. The summed E-state index contributed by atoms with van der Waals surface area (Å²) in [4.78, 5) is 11.1. The first kappa shape index (κ1) is 10.6. The highest BCUT2D eigenvalue weighted by Crippen LogP contribution is 2.09. The van der Waals surface area contributed by atoms with Gasteiger partial charge in [0, 0.05) is 12.3 Å². The molecule has 0 aliphatic heterocycles. The zero-order valence-corrected chi connectivity index (χ0v) is 7.60. The van der Waals surface area contributed by atoms with Crippen LogP contribution in [0.5, 0.6) is 0 Å². The Labute approximate surface area is 69.2 Å². The van der Waals surface area contributed by atoms with E-state index in [1.54, 1.807) is 0 Å². The number of Topliss-reactive ketones (excluding diaryl/α,β-unsaturated/α-hetero) is 1. The molecule has 0 amide bonds. The number of hydrogen-bond acceptors (Lipinski definition) is 2. The second kappa shape index (κ2) is 6.35. The minimum atomic E-state index is 0.242. The maximum atomic E-state index is 11.1. The molecule has 0 radical (unpaired) electrons. The Morgan fingerprint density at radius 3 is 2.55 bits per heavy atom. The van der Waals surface area contributed by atoms with Gasteiger partial charge in [0.05, 0.1) is 0 Å². The standard InChI is InChI=1S/C9H19NO/c1-3-9(11)8(2)6-4-5-7-10/h8H,3-7,10H2,1-2H3. The van der Waals surface area contributed by atoms with Crippen LogP contribution in [0, 0.1) is 5.92 Å². The molecule has 0 aromatic carbocycles. The van der Waals surface area contributed by atoms with Crippen molar-refractivity contribution in [1.82, 2.24) is 0 Å². The summed E-state index contributed by atoms with van der Waals surface area (Å²) in [6.07, 6.45) is 3.80. The fourth-order valence-corrected chi connectivity index (χ4v) is 1.10. The lowest BCUT2D eigenvalue weighted by molar-refractivity contribution is -0.122. The molecular formula is C9H19NO. The van der Waals surface area contributed by atoms with Crippen LogP contribution in [0.1, 0.15) is 39.5 Å². The molecule has 0 aromatic rings. The molecule has 0 aliphatic carbocycles. The van der Waals surface area contributed by atoms with Gasteiger partial charge in [0.2, 0.25) is 0 Å². The van der Waals surface area contributed by atoms with Crippen molar-refractivity contribution in [3.63, 3.8) is 0 Å². The Kier molecular flexibility index (Phi) is 6.13. The van der Waals surface area contributed by atoms with Crippen molar-refractivity contribution in [2.24, 2.45) is 11.7 Å². The van der Waals surface area contributed by atoms with Gasteiger partial charge < -0.3 is 5.73 Å². The molecule has 0 aromatic heterocycles. The van der Waals surface area contributed by atoms with Gasteiger partial charge in [0.1, 0.15) is 5.78 Å². The van der Waals surface area contributed by atoms with E-state index in [4.69, 9.17) is 5.73 Å². The molecule has 0 bridgehead atoms. The van der Waals surface area contributed by atoms with Crippen LogP contribution in [-0.2, 0) is 4.79 Å². The third-order valence-electron chi connectivity index (χ3n) is 1.99. The van der Waals surface area contributed by atoms with Crippen LogP contribution in [0.3, 0.4) is 0 Å². The van der Waals surface area contributed by atoms with Gasteiger partial charge in [-0.2, -0.15) is 0 Å². The van der Waals surface area contributed by atoms with E-state index in [1.807, 2.05) is 13.8 Å². The van der Waals surface area contributed by atoms with Gasteiger partial charge in [0.25, 0.3) is 0 Å². The minimum Gasteiger partial charge on any atom is -0.330 e. The molecule has 0 saturated heterocycles. The van der Waals surface area contributed by atoms with Crippen LogP contribution in [0.4, 0.5) is 0 Å². The van der Waals surface area contributed by atoms with Crippen molar-refractivity contribution in [2.75, 3.05) is 6.54 Å². The quantitative estimate of drug-likeness (QED) is 0.597. The molecular weight excluding hydrogens is 138 g/mol. The van der Waals surface area contributed by atoms with Crippen molar-refractivity contribution >= 4 is 5.78 Å². The summed E-state index contributed by atoms with van der Waals surface area (Å²) in [5, 5.41) is 0. The number of carbonyl (C=O) groups excluding carboxylic acids is 1. The van der Waals surface area contributed by atoms with E-state index in [0.717, 1.165) is 25.8 Å². The molecule has 1 unspecified atom stereocenters. The number of rotatable bonds is 6. The van der Waals surface area contributed by atoms with Gasteiger partial charge in [-0.05, 0) is 19.4 Å². The lowest BCUT2D eigenvalue weighted by Gasteiger charge is -2.07. The van der Waals surface area contributed by atoms with Gasteiger partial charge in [-0.15, -0.1) is 0 Å². The van der Waals surface area contributed by atoms with E-state index >= 15 is 0 Å². The van der Waals surface area contributed by atoms with Crippen LogP contribution in [-0.4, -0.2) is 12.3 Å². The number of nitrogens with two attached hydrogens (primary N) is 1. The normalized spacial score (nSPS) is 13.0. The highest BCUT2D eigenvalue weighted by molar-refractivity contribution is 5.80. The van der Waals surface area contributed by atoms with Crippen molar-refractivity contribution in [2.45, 2.75) is 39.5 Å². The second-order valence-electron chi connectivity index (χ2n) is 3.01. The summed E-state index contributed by atoms with van der Waals surface area (Å²) in [7, 11) is 0. The van der Waals surface area contributed by atoms with Gasteiger partial charge >= 0.3 is 0 Å². The predicted octanol–water partition coefficient (Wildman–Crippen LogP) is 1.73. The molecule has 0 rings (SSSR count). The first-order valence-corrected chi connectivity index (χ1v) is 4.45. The fraction of sp³-hybridized carbons (Fsp3) is 0.889. The summed E-state index contributed by atoms with van der Waals surface area (Å²) in [5.41, 5.74) is 5.34. The number of unbranched alkanes of at least 4 members (excludes halogenated alkanes) is 1. The zero-order valence-electron chi connectivity index (χ0n) is 7.60. The first-order chi connectivity index (χ1) is 5.22. The molecule has 0 spiro atoms. The first-order valence-electron chi connectivity index (χ1n) is 4.45. The van der Waals surface area contributed by atoms with Gasteiger partial charge in [-0.3, -0.25) is 4.79 Å². The SMILES string of the molecule is CCC(=O)C(C)CCCCN. The summed E-state index contributed by atoms with van der Waals surface area (Å²) >= 11 is 0. The molecule has 11 heavy (non-hydrogen) atoms. The van der Waals surface area contributed by atoms with E-state index in [0.29, 0.717) is 12.2 Å². The van der Waals surface area contributed by atoms with Gasteiger partial charge in [0.15, 0.2) is 0 Å². The van der Waals surface area contributed by atoms with Crippen LogP contribution in [0.25, 0.3) is 0 Å². The molecule has 1 atom stereocenters. The summed E-state index contributed by atoms with van der Waals surface area (Å²) in [6.45, 7) is 4.66. The van der Waals surface area contributed by atoms with E-state index < -0.39 is 0 Å². The summed E-state index contributed by atoms with van der Waals surface area (Å²) in [5.74, 6) is 0.619. The van der Waals surface area contributed by atoms with Crippen LogP contribution in [0.2, 0.25) is 0 Å². The van der Waals surface area contributed by atoms with Crippen LogP contribution >= 0.6 is 0 Å². The Morgan fingerprint density at radius 2 is 2.09 bits per heavy atom.